The Labute approximate surface area is 149 Å². The van der Waals surface area contributed by atoms with Gasteiger partial charge >= 0.3 is 0 Å². The van der Waals surface area contributed by atoms with E-state index >= 15 is 0 Å². The molecule has 1 aliphatic rings. The molecule has 0 bridgehead atoms. The molecule has 1 atom stereocenters. The van der Waals surface area contributed by atoms with Crippen LogP contribution in [0.5, 0.6) is 0 Å². The normalized spacial score (nSPS) is 17.3. The van der Waals surface area contributed by atoms with Gasteiger partial charge in [-0.3, -0.25) is 4.72 Å². The van der Waals surface area contributed by atoms with Crippen molar-refractivity contribution in [3.05, 3.63) is 48.0 Å². The molecule has 1 unspecified atom stereocenters. The molecule has 6 nitrogen and oxygen atoms in total. The van der Waals surface area contributed by atoms with Crippen LogP contribution in [-0.4, -0.2) is 30.2 Å². The maximum Gasteiger partial charge on any atom is 0.232 e. The molecule has 1 fully saturated rings. The Morgan fingerprint density at radius 3 is 2.80 bits per heavy atom. The Hall–Kier alpha value is -1.86. The van der Waals surface area contributed by atoms with E-state index in [1.807, 2.05) is 18.2 Å². The number of nitrogens with zero attached hydrogens (tertiary/aromatic N) is 1. The van der Waals surface area contributed by atoms with Crippen molar-refractivity contribution in [2.24, 2.45) is 0 Å². The first kappa shape index (κ1) is 17.9. The Bertz CT molecular complexity index is 769. The van der Waals surface area contributed by atoms with Crippen LogP contribution >= 0.6 is 0 Å². The first-order valence-corrected chi connectivity index (χ1v) is 10.5. The fraction of sp³-hybridized carbons (Fsp3) is 0.500. The highest BCUT2D eigenvalue weighted by molar-refractivity contribution is 7.92. The van der Waals surface area contributed by atoms with Crippen molar-refractivity contribution in [3.8, 4) is 0 Å². The molecule has 0 radical (unpaired) electrons. The summed E-state index contributed by atoms with van der Waals surface area (Å²) in [5.41, 5.74) is 2.34. The van der Waals surface area contributed by atoms with E-state index in [0.717, 1.165) is 24.1 Å². The molecular formula is C18H25N3O3S. The monoisotopic (exact) mass is 363 g/mol. The van der Waals surface area contributed by atoms with Crippen molar-refractivity contribution in [1.82, 2.24) is 9.97 Å². The van der Waals surface area contributed by atoms with E-state index in [2.05, 4.69) is 14.7 Å². The molecule has 1 aromatic carbocycles. The minimum Gasteiger partial charge on any atom is -0.364 e. The average molecular weight is 363 g/mol. The molecule has 2 N–H and O–H groups in total. The van der Waals surface area contributed by atoms with Crippen molar-refractivity contribution in [2.75, 3.05) is 10.5 Å². The quantitative estimate of drug-likeness (QED) is 0.787. The van der Waals surface area contributed by atoms with Crippen molar-refractivity contribution in [3.63, 3.8) is 0 Å². The van der Waals surface area contributed by atoms with E-state index in [0.29, 0.717) is 5.69 Å². The van der Waals surface area contributed by atoms with Gasteiger partial charge < -0.3 is 9.72 Å². The van der Waals surface area contributed by atoms with Gasteiger partial charge in [-0.15, -0.1) is 0 Å². The summed E-state index contributed by atoms with van der Waals surface area (Å²) in [7, 11) is -3.31. The zero-order chi connectivity index (χ0) is 17.7. The number of hydrogen-bond donors (Lipinski definition) is 2. The van der Waals surface area contributed by atoms with Gasteiger partial charge in [0.15, 0.2) is 0 Å². The highest BCUT2D eigenvalue weighted by atomic mass is 32.2. The number of anilines is 1. The lowest BCUT2D eigenvalue weighted by Crippen LogP contribution is -2.21. The van der Waals surface area contributed by atoms with E-state index in [-0.39, 0.29) is 18.0 Å². The number of H-pyrrole nitrogens is 1. The molecule has 1 heterocycles. The van der Waals surface area contributed by atoms with Crippen LogP contribution < -0.4 is 4.72 Å². The number of aromatic nitrogens is 2. The van der Waals surface area contributed by atoms with E-state index in [1.54, 1.807) is 25.5 Å². The molecule has 0 saturated heterocycles. The summed E-state index contributed by atoms with van der Waals surface area (Å²) in [6.45, 7) is 1.62. The van der Waals surface area contributed by atoms with Crippen molar-refractivity contribution in [1.29, 1.82) is 0 Å². The second-order valence-corrected chi connectivity index (χ2v) is 8.43. The van der Waals surface area contributed by atoms with E-state index < -0.39 is 10.0 Å². The standard InChI is InChI=1S/C18H25N3O3S/c1-2-25(22,23)21-15-8-6-7-14(11-15)18(17-12-19-13-20-17)24-16-9-4-3-5-10-16/h6-8,11-13,16,18,21H,2-5,9-10H2,1H3,(H,19,20). The molecule has 2 aromatic rings. The van der Waals surface area contributed by atoms with E-state index in [1.165, 1.54) is 19.3 Å². The summed E-state index contributed by atoms with van der Waals surface area (Å²) in [5, 5.41) is 0. The molecule has 1 saturated carbocycles. The Morgan fingerprint density at radius 2 is 2.12 bits per heavy atom. The summed E-state index contributed by atoms with van der Waals surface area (Å²) in [6.07, 6.45) is 9.11. The molecule has 1 aliphatic carbocycles. The van der Waals surface area contributed by atoms with Gasteiger partial charge in [-0.2, -0.15) is 0 Å². The first-order chi connectivity index (χ1) is 12.1. The molecule has 0 aliphatic heterocycles. The van der Waals surface area contributed by atoms with Gasteiger partial charge in [0.1, 0.15) is 6.10 Å². The smallest absolute Gasteiger partial charge is 0.232 e. The molecule has 7 heteroatoms. The maximum atomic E-state index is 11.8. The van der Waals surface area contributed by atoms with E-state index in [4.69, 9.17) is 4.74 Å². The van der Waals surface area contributed by atoms with Crippen LogP contribution in [0.1, 0.15) is 56.4 Å². The third kappa shape index (κ3) is 4.83. The Kier molecular flexibility index (Phi) is 5.75. The number of nitrogens with one attached hydrogen (secondary N) is 2. The second-order valence-electron chi connectivity index (χ2n) is 6.41. The fourth-order valence-electron chi connectivity index (χ4n) is 3.15. The van der Waals surface area contributed by atoms with Crippen LogP contribution in [0.25, 0.3) is 0 Å². The minimum atomic E-state index is -3.31. The number of hydrogen-bond acceptors (Lipinski definition) is 4. The van der Waals surface area contributed by atoms with Gasteiger partial charge in [0.2, 0.25) is 10.0 Å². The minimum absolute atomic E-state index is 0.0414. The van der Waals surface area contributed by atoms with Gasteiger partial charge in [-0.25, -0.2) is 13.4 Å². The number of benzene rings is 1. The van der Waals surface area contributed by atoms with Gasteiger partial charge in [0.05, 0.1) is 30.1 Å². The maximum absolute atomic E-state index is 11.8. The summed E-state index contributed by atoms with van der Waals surface area (Å²) >= 11 is 0. The molecule has 0 amide bonds. The third-order valence-electron chi connectivity index (χ3n) is 4.53. The molecular weight excluding hydrogens is 338 g/mol. The van der Waals surface area contributed by atoms with Gasteiger partial charge in [0.25, 0.3) is 0 Å². The highest BCUT2D eigenvalue weighted by Gasteiger charge is 2.23. The molecule has 0 spiro atoms. The highest BCUT2D eigenvalue weighted by Crippen LogP contribution is 2.32. The van der Waals surface area contributed by atoms with Gasteiger partial charge in [-0.05, 0) is 37.5 Å². The summed E-state index contributed by atoms with van der Waals surface area (Å²) < 4.78 is 32.7. The molecule has 25 heavy (non-hydrogen) atoms. The van der Waals surface area contributed by atoms with Crippen LogP contribution in [-0.2, 0) is 14.8 Å². The number of ether oxygens (including phenoxy) is 1. The van der Waals surface area contributed by atoms with Gasteiger partial charge in [-0.1, -0.05) is 31.4 Å². The third-order valence-corrected chi connectivity index (χ3v) is 5.83. The largest absolute Gasteiger partial charge is 0.364 e. The SMILES string of the molecule is CCS(=O)(=O)Nc1cccc(C(OC2CCCCC2)c2cnc[nH]2)c1. The first-order valence-electron chi connectivity index (χ1n) is 8.81. The van der Waals surface area contributed by atoms with E-state index in [9.17, 15) is 8.42 Å². The topological polar surface area (TPSA) is 84.1 Å². The van der Waals surface area contributed by atoms with Crippen molar-refractivity contribution >= 4 is 15.7 Å². The molecule has 1 aromatic heterocycles. The zero-order valence-corrected chi connectivity index (χ0v) is 15.3. The lowest BCUT2D eigenvalue weighted by Gasteiger charge is -2.27. The Balaban J connectivity index is 1.85. The number of sulfonamides is 1. The summed E-state index contributed by atoms with van der Waals surface area (Å²) in [6, 6.07) is 7.39. The van der Waals surface area contributed by atoms with Crippen LogP contribution in [0.3, 0.4) is 0 Å². The lowest BCUT2D eigenvalue weighted by atomic mass is 9.97. The summed E-state index contributed by atoms with van der Waals surface area (Å²) in [4.78, 5) is 7.24. The zero-order valence-electron chi connectivity index (χ0n) is 14.4. The van der Waals surface area contributed by atoms with Gasteiger partial charge in [0, 0.05) is 5.69 Å². The lowest BCUT2D eigenvalue weighted by molar-refractivity contribution is -0.0135. The Morgan fingerprint density at radius 1 is 1.32 bits per heavy atom. The number of rotatable bonds is 7. The predicted octanol–water partition coefficient (Wildman–Crippen LogP) is 3.61. The van der Waals surface area contributed by atoms with Crippen LogP contribution in [0, 0.1) is 0 Å². The van der Waals surface area contributed by atoms with Crippen molar-refractivity contribution < 1.29 is 13.2 Å². The van der Waals surface area contributed by atoms with Crippen LogP contribution in [0.15, 0.2) is 36.8 Å². The number of imidazole rings is 1. The predicted molar refractivity (Wildman–Crippen MR) is 97.9 cm³/mol. The summed E-state index contributed by atoms with van der Waals surface area (Å²) in [5.74, 6) is 0.0414. The van der Waals surface area contributed by atoms with Crippen LogP contribution in [0.4, 0.5) is 5.69 Å². The fourth-order valence-corrected chi connectivity index (χ4v) is 3.78. The number of aromatic amines is 1. The average Bonchev–Trinajstić information content (AvgIpc) is 3.15. The molecule has 136 valence electrons. The van der Waals surface area contributed by atoms with Crippen molar-refractivity contribution in [2.45, 2.75) is 51.2 Å². The van der Waals surface area contributed by atoms with Crippen LogP contribution in [0.2, 0.25) is 0 Å². The second kappa shape index (κ2) is 8.01. The molecule has 3 rings (SSSR count).